The maximum absolute atomic E-state index is 12.8. The van der Waals surface area contributed by atoms with E-state index in [2.05, 4.69) is 5.32 Å². The number of hydrogen-bond acceptors (Lipinski definition) is 5. The van der Waals surface area contributed by atoms with Gasteiger partial charge in [-0.05, 0) is 29.3 Å². The number of benzene rings is 2. The average molecular weight is 385 g/mol. The molecular weight excluding hydrogens is 365 g/mol. The smallest absolute Gasteiger partial charge is 0.331 e. The summed E-state index contributed by atoms with van der Waals surface area (Å²) < 4.78 is 22.4. The molecule has 0 fully saturated rings. The van der Waals surface area contributed by atoms with Crippen LogP contribution in [0.3, 0.4) is 0 Å². The van der Waals surface area contributed by atoms with Crippen molar-refractivity contribution in [3.63, 3.8) is 0 Å². The molecule has 28 heavy (non-hydrogen) atoms. The van der Waals surface area contributed by atoms with E-state index in [4.69, 9.17) is 9.47 Å². The summed E-state index contributed by atoms with van der Waals surface area (Å²) in [5.74, 6) is -2.35. The average Bonchev–Trinajstić information content (AvgIpc) is 2.71. The Morgan fingerprint density at radius 1 is 1.07 bits per heavy atom. The molecule has 1 amide bonds. The van der Waals surface area contributed by atoms with Crippen LogP contribution in [0.1, 0.15) is 11.1 Å². The van der Waals surface area contributed by atoms with Gasteiger partial charge in [0.05, 0.1) is 7.11 Å². The first kappa shape index (κ1) is 20.8. The lowest BCUT2D eigenvalue weighted by molar-refractivity contribution is -0.147. The summed E-state index contributed by atoms with van der Waals surface area (Å²) in [5, 5.41) is 2.50. The van der Waals surface area contributed by atoms with Gasteiger partial charge in [-0.15, -0.1) is 0 Å². The second kappa shape index (κ2) is 10.6. The largest absolute Gasteiger partial charge is 0.467 e. The minimum Gasteiger partial charge on any atom is -0.467 e. The number of esters is 2. The van der Waals surface area contributed by atoms with Crippen LogP contribution in [-0.4, -0.2) is 37.6 Å². The predicted molar refractivity (Wildman–Crippen MR) is 100 cm³/mol. The highest BCUT2D eigenvalue weighted by molar-refractivity contribution is 5.90. The van der Waals surface area contributed by atoms with Gasteiger partial charge >= 0.3 is 11.9 Å². The lowest BCUT2D eigenvalue weighted by atomic mass is 10.1. The van der Waals surface area contributed by atoms with Gasteiger partial charge in [-0.3, -0.25) is 4.79 Å². The second-order valence-corrected chi connectivity index (χ2v) is 5.83. The van der Waals surface area contributed by atoms with Crippen LogP contribution in [0.2, 0.25) is 0 Å². The number of carbonyl (C=O) groups excluding carboxylic acids is 3. The molecular formula is C21H20FNO5. The zero-order valence-corrected chi connectivity index (χ0v) is 15.3. The Morgan fingerprint density at radius 2 is 1.75 bits per heavy atom. The second-order valence-electron chi connectivity index (χ2n) is 5.83. The van der Waals surface area contributed by atoms with Crippen molar-refractivity contribution in [3.05, 3.63) is 77.6 Å². The zero-order valence-electron chi connectivity index (χ0n) is 15.3. The molecule has 0 aliphatic carbocycles. The topological polar surface area (TPSA) is 81.7 Å². The van der Waals surface area contributed by atoms with Gasteiger partial charge in [0.1, 0.15) is 11.9 Å². The standard InChI is InChI=1S/C21H20FNO5/c1-27-21(26)18(13-16-5-3-2-4-6-16)23-19(24)14-28-20(25)12-9-15-7-10-17(22)11-8-15/h2-12,18H,13-14H2,1H3,(H,23,24)/b12-9+/t18-/m0/s1. The van der Waals surface area contributed by atoms with Crippen LogP contribution in [-0.2, 0) is 30.3 Å². The molecule has 6 nitrogen and oxygen atoms in total. The van der Waals surface area contributed by atoms with Crippen molar-refractivity contribution in [1.29, 1.82) is 0 Å². The number of methoxy groups -OCH3 is 1. The molecule has 1 N–H and O–H groups in total. The Balaban J connectivity index is 1.85. The third kappa shape index (κ3) is 7.03. The third-order valence-electron chi connectivity index (χ3n) is 3.73. The third-order valence-corrected chi connectivity index (χ3v) is 3.73. The number of ether oxygens (including phenoxy) is 2. The van der Waals surface area contributed by atoms with E-state index in [1.54, 1.807) is 0 Å². The summed E-state index contributed by atoms with van der Waals surface area (Å²) in [4.78, 5) is 35.6. The monoisotopic (exact) mass is 385 g/mol. The highest BCUT2D eigenvalue weighted by Crippen LogP contribution is 2.06. The number of carbonyl (C=O) groups is 3. The highest BCUT2D eigenvalue weighted by atomic mass is 19.1. The maximum atomic E-state index is 12.8. The van der Waals surface area contributed by atoms with Gasteiger partial charge in [0, 0.05) is 12.5 Å². The van der Waals surface area contributed by atoms with E-state index in [0.29, 0.717) is 5.56 Å². The molecule has 0 aliphatic heterocycles. The van der Waals surface area contributed by atoms with Gasteiger partial charge in [-0.1, -0.05) is 42.5 Å². The molecule has 0 saturated heterocycles. The van der Waals surface area contributed by atoms with Crippen molar-refractivity contribution >= 4 is 23.9 Å². The molecule has 0 radical (unpaired) electrons. The van der Waals surface area contributed by atoms with Crippen LogP contribution in [0.4, 0.5) is 4.39 Å². The van der Waals surface area contributed by atoms with Gasteiger partial charge in [0.2, 0.25) is 0 Å². The number of halogens is 1. The summed E-state index contributed by atoms with van der Waals surface area (Å²) >= 11 is 0. The van der Waals surface area contributed by atoms with Crippen LogP contribution in [0, 0.1) is 5.82 Å². The van der Waals surface area contributed by atoms with Crippen molar-refractivity contribution in [2.24, 2.45) is 0 Å². The minimum atomic E-state index is -0.895. The maximum Gasteiger partial charge on any atom is 0.331 e. The van der Waals surface area contributed by atoms with Gasteiger partial charge in [-0.2, -0.15) is 0 Å². The Labute approximate surface area is 162 Å². The molecule has 0 bridgehead atoms. The van der Waals surface area contributed by atoms with E-state index in [9.17, 15) is 18.8 Å². The molecule has 7 heteroatoms. The van der Waals surface area contributed by atoms with Crippen molar-refractivity contribution in [2.45, 2.75) is 12.5 Å². The van der Waals surface area contributed by atoms with Gasteiger partial charge in [0.15, 0.2) is 6.61 Å². The van der Waals surface area contributed by atoms with E-state index in [1.165, 1.54) is 37.5 Å². The van der Waals surface area contributed by atoms with Gasteiger partial charge < -0.3 is 14.8 Å². The quantitative estimate of drug-likeness (QED) is 0.557. The van der Waals surface area contributed by atoms with Gasteiger partial charge in [-0.25, -0.2) is 14.0 Å². The van der Waals surface area contributed by atoms with Crippen molar-refractivity contribution in [1.82, 2.24) is 5.32 Å². The first-order chi connectivity index (χ1) is 13.5. The molecule has 2 rings (SSSR count). The lowest BCUT2D eigenvalue weighted by Gasteiger charge is -2.16. The molecule has 0 spiro atoms. The summed E-state index contributed by atoms with van der Waals surface area (Å²) in [6.07, 6.45) is 2.81. The molecule has 0 aromatic heterocycles. The van der Waals surface area contributed by atoms with Gasteiger partial charge in [0.25, 0.3) is 5.91 Å². The van der Waals surface area contributed by atoms with E-state index in [1.807, 2.05) is 30.3 Å². The molecule has 2 aromatic rings. The summed E-state index contributed by atoms with van der Waals surface area (Å²) in [5.41, 5.74) is 1.45. The molecule has 0 aliphatic rings. The van der Waals surface area contributed by atoms with Crippen LogP contribution >= 0.6 is 0 Å². The minimum absolute atomic E-state index is 0.248. The summed E-state index contributed by atoms with van der Waals surface area (Å²) in [6.45, 7) is -0.547. The molecule has 0 heterocycles. The number of hydrogen-bond donors (Lipinski definition) is 1. The SMILES string of the molecule is COC(=O)[C@H](Cc1ccccc1)NC(=O)COC(=O)/C=C/c1ccc(F)cc1. The number of rotatable bonds is 8. The number of amides is 1. The van der Waals surface area contributed by atoms with Crippen molar-refractivity contribution in [3.8, 4) is 0 Å². The number of nitrogens with one attached hydrogen (secondary N) is 1. The van der Waals surface area contributed by atoms with E-state index >= 15 is 0 Å². The van der Waals surface area contributed by atoms with E-state index in [-0.39, 0.29) is 12.2 Å². The molecule has 2 aromatic carbocycles. The van der Waals surface area contributed by atoms with Crippen molar-refractivity contribution in [2.75, 3.05) is 13.7 Å². The Kier molecular flexibility index (Phi) is 7.90. The normalized spacial score (nSPS) is 11.6. The molecule has 146 valence electrons. The summed E-state index contributed by atoms with van der Waals surface area (Å²) in [7, 11) is 1.23. The first-order valence-corrected chi connectivity index (χ1v) is 8.49. The molecule has 0 unspecified atom stereocenters. The highest BCUT2D eigenvalue weighted by Gasteiger charge is 2.22. The Hall–Kier alpha value is -3.48. The fourth-order valence-corrected chi connectivity index (χ4v) is 2.34. The predicted octanol–water partition coefficient (Wildman–Crippen LogP) is 2.28. The molecule has 1 atom stereocenters. The van der Waals surface area contributed by atoms with Crippen LogP contribution in [0.5, 0.6) is 0 Å². The Bertz CT molecular complexity index is 834. The van der Waals surface area contributed by atoms with Crippen LogP contribution in [0.25, 0.3) is 6.08 Å². The molecule has 0 saturated carbocycles. The van der Waals surface area contributed by atoms with E-state index < -0.39 is 30.5 Å². The zero-order chi connectivity index (χ0) is 20.4. The van der Waals surface area contributed by atoms with Crippen molar-refractivity contribution < 1.29 is 28.2 Å². The van der Waals surface area contributed by atoms with Crippen LogP contribution in [0.15, 0.2) is 60.7 Å². The fraction of sp³-hybridized carbons (Fsp3) is 0.190. The lowest BCUT2D eigenvalue weighted by Crippen LogP contribution is -2.44. The van der Waals surface area contributed by atoms with Crippen LogP contribution < -0.4 is 5.32 Å². The van der Waals surface area contributed by atoms with E-state index in [0.717, 1.165) is 11.6 Å². The fourth-order valence-electron chi connectivity index (χ4n) is 2.34. The Morgan fingerprint density at radius 3 is 2.39 bits per heavy atom. The first-order valence-electron chi connectivity index (χ1n) is 8.49. The summed E-state index contributed by atoms with van der Waals surface area (Å²) in [6, 6.07) is 13.7.